The van der Waals surface area contributed by atoms with E-state index in [0.717, 1.165) is 22.8 Å². The summed E-state index contributed by atoms with van der Waals surface area (Å²) in [5.74, 6) is -0.793. The Labute approximate surface area is 249 Å². The lowest BCUT2D eigenvalue weighted by Gasteiger charge is -2.30. The number of thiazole rings is 1. The van der Waals surface area contributed by atoms with Crippen LogP contribution >= 0.6 is 11.3 Å². The molecule has 1 aromatic heterocycles. The van der Waals surface area contributed by atoms with Gasteiger partial charge in [0.2, 0.25) is 0 Å². The first-order valence-electron chi connectivity index (χ1n) is 14.7. The van der Waals surface area contributed by atoms with Crippen molar-refractivity contribution in [2.24, 2.45) is 0 Å². The van der Waals surface area contributed by atoms with Gasteiger partial charge in [0.05, 0.1) is 31.9 Å². The summed E-state index contributed by atoms with van der Waals surface area (Å²) in [5, 5.41) is 12.0. The minimum Gasteiger partial charge on any atom is -0.480 e. The van der Waals surface area contributed by atoms with Crippen molar-refractivity contribution in [1.29, 1.82) is 0 Å². The highest BCUT2D eigenvalue weighted by Crippen LogP contribution is 2.30. The Morgan fingerprint density at radius 2 is 1.59 bits per heavy atom. The van der Waals surface area contributed by atoms with Crippen LogP contribution in [-0.2, 0) is 27.4 Å². The molecule has 41 heavy (non-hydrogen) atoms. The Morgan fingerprint density at radius 1 is 0.927 bits per heavy atom. The molecule has 1 N–H and O–H groups in total. The van der Waals surface area contributed by atoms with Gasteiger partial charge in [0.15, 0.2) is 0 Å². The lowest BCUT2D eigenvalue weighted by atomic mass is 9.90. The fourth-order valence-corrected chi connectivity index (χ4v) is 5.96. The molecule has 0 unspecified atom stereocenters. The van der Waals surface area contributed by atoms with Crippen LogP contribution in [0.5, 0.6) is 0 Å². The number of hydrogen-bond donors (Lipinski definition) is 1. The van der Waals surface area contributed by atoms with Crippen LogP contribution in [0.25, 0.3) is 11.3 Å². The number of anilines is 1. The highest BCUT2D eigenvalue weighted by molar-refractivity contribution is 7.09. The third kappa shape index (κ3) is 9.97. The van der Waals surface area contributed by atoms with Crippen molar-refractivity contribution < 1.29 is 19.4 Å². The zero-order chi connectivity index (χ0) is 29.8. The van der Waals surface area contributed by atoms with Crippen LogP contribution in [0.3, 0.4) is 0 Å². The number of esters is 1. The van der Waals surface area contributed by atoms with Gasteiger partial charge in [0.25, 0.3) is 0 Å². The van der Waals surface area contributed by atoms with Crippen LogP contribution in [0, 0.1) is 0 Å². The van der Waals surface area contributed by atoms with E-state index in [0.29, 0.717) is 12.0 Å². The summed E-state index contributed by atoms with van der Waals surface area (Å²) in [4.78, 5) is 31.9. The molecule has 222 valence electrons. The first-order valence-corrected chi connectivity index (χ1v) is 15.6. The Kier molecular flexibility index (Phi) is 12.8. The van der Waals surface area contributed by atoms with Gasteiger partial charge in [-0.15, -0.1) is 11.3 Å². The van der Waals surface area contributed by atoms with Crippen molar-refractivity contribution in [3.63, 3.8) is 0 Å². The largest absolute Gasteiger partial charge is 0.480 e. The standard InChI is InChI=1S/C33H45N3O4S/c1-6-9-26(10-7-2)27-15-17-29(18-16-27)36(24(4)5)19-25-11-13-28(14-12-25)30-23-41-31(34-30)20-35(21-32(37)38)22-33(39)40-8-3/h11-18,23-24,26H,6-10,19-22H2,1-5H3,(H,37,38). The van der Waals surface area contributed by atoms with Crippen molar-refractivity contribution >= 4 is 29.0 Å². The van der Waals surface area contributed by atoms with Gasteiger partial charge in [-0.05, 0) is 62.8 Å². The topological polar surface area (TPSA) is 83.0 Å². The zero-order valence-electron chi connectivity index (χ0n) is 25.1. The predicted molar refractivity (Wildman–Crippen MR) is 167 cm³/mol. The van der Waals surface area contributed by atoms with Crippen LogP contribution in [0.1, 0.15) is 82.4 Å². The van der Waals surface area contributed by atoms with Gasteiger partial charge in [-0.1, -0.05) is 63.1 Å². The molecule has 0 aliphatic rings. The molecule has 0 atom stereocenters. The first kappa shape index (κ1) is 32.3. The summed E-state index contributed by atoms with van der Waals surface area (Å²) in [5.41, 5.74) is 5.74. The van der Waals surface area contributed by atoms with Crippen LogP contribution in [0.15, 0.2) is 53.9 Å². The number of benzene rings is 2. The molecule has 7 nitrogen and oxygen atoms in total. The van der Waals surface area contributed by atoms with E-state index in [-0.39, 0.29) is 26.2 Å². The van der Waals surface area contributed by atoms with E-state index >= 15 is 0 Å². The fourth-order valence-electron chi connectivity index (χ4n) is 5.12. The van der Waals surface area contributed by atoms with Gasteiger partial charge in [-0.3, -0.25) is 14.5 Å². The Hall–Kier alpha value is -3.23. The monoisotopic (exact) mass is 579 g/mol. The maximum atomic E-state index is 11.9. The number of nitrogens with zero attached hydrogens (tertiary/aromatic N) is 3. The minimum absolute atomic E-state index is 0.0864. The second-order valence-corrected chi connectivity index (χ2v) is 11.7. The van der Waals surface area contributed by atoms with Crippen LogP contribution in [0.2, 0.25) is 0 Å². The second kappa shape index (κ2) is 16.3. The molecule has 0 spiro atoms. The highest BCUT2D eigenvalue weighted by Gasteiger charge is 2.18. The highest BCUT2D eigenvalue weighted by atomic mass is 32.1. The van der Waals surface area contributed by atoms with E-state index in [9.17, 15) is 14.7 Å². The maximum Gasteiger partial charge on any atom is 0.320 e. The average molecular weight is 580 g/mol. The number of rotatable bonds is 17. The Balaban J connectivity index is 1.68. The third-order valence-corrected chi connectivity index (χ3v) is 7.96. The maximum absolute atomic E-state index is 11.9. The number of hydrogen-bond acceptors (Lipinski definition) is 7. The summed E-state index contributed by atoms with van der Waals surface area (Å²) in [6.45, 7) is 11.7. The van der Waals surface area contributed by atoms with E-state index in [4.69, 9.17) is 9.72 Å². The molecule has 0 aliphatic carbocycles. The normalized spacial score (nSPS) is 11.4. The number of carboxylic acids is 1. The lowest BCUT2D eigenvalue weighted by molar-refractivity contribution is -0.146. The molecule has 0 fully saturated rings. The molecule has 0 aliphatic heterocycles. The molecule has 3 aromatic rings. The number of carbonyl (C=O) groups excluding carboxylic acids is 1. The van der Waals surface area contributed by atoms with Crippen molar-refractivity contribution in [1.82, 2.24) is 9.88 Å². The summed E-state index contributed by atoms with van der Waals surface area (Å²) >= 11 is 1.46. The third-order valence-electron chi connectivity index (χ3n) is 7.12. The zero-order valence-corrected chi connectivity index (χ0v) is 26.0. The van der Waals surface area contributed by atoms with Gasteiger partial charge in [-0.2, -0.15) is 0 Å². The molecule has 0 saturated heterocycles. The Bertz CT molecular complexity index is 1220. The summed E-state index contributed by atoms with van der Waals surface area (Å²) in [7, 11) is 0. The smallest absolute Gasteiger partial charge is 0.320 e. The molecule has 2 aromatic carbocycles. The summed E-state index contributed by atoms with van der Waals surface area (Å²) in [6, 6.07) is 18.0. The van der Waals surface area contributed by atoms with Gasteiger partial charge in [-0.25, -0.2) is 4.98 Å². The second-order valence-electron chi connectivity index (χ2n) is 10.8. The molecule has 0 saturated carbocycles. The molecule has 0 radical (unpaired) electrons. The molecule has 0 amide bonds. The van der Waals surface area contributed by atoms with Crippen molar-refractivity contribution in [3.8, 4) is 11.3 Å². The van der Waals surface area contributed by atoms with Gasteiger partial charge < -0.3 is 14.7 Å². The molecular weight excluding hydrogens is 534 g/mol. The number of aromatic nitrogens is 1. The molecule has 0 bridgehead atoms. The van der Waals surface area contributed by atoms with Gasteiger partial charge >= 0.3 is 11.9 Å². The van der Waals surface area contributed by atoms with Crippen LogP contribution in [0.4, 0.5) is 5.69 Å². The number of aliphatic carboxylic acids is 1. The molecule has 1 heterocycles. The SMILES string of the molecule is CCCC(CCC)c1ccc(N(Cc2ccc(-c3csc(CN(CC(=O)O)CC(=O)OCC)n3)cc2)C(C)C)cc1. The van der Waals surface area contributed by atoms with Crippen LogP contribution < -0.4 is 4.90 Å². The minimum atomic E-state index is -0.995. The molecule has 3 rings (SSSR count). The lowest BCUT2D eigenvalue weighted by Crippen LogP contribution is -2.34. The molecular formula is C33H45N3O4S. The quantitative estimate of drug-likeness (QED) is 0.167. The number of carboxylic acid groups (broad SMARTS) is 1. The van der Waals surface area contributed by atoms with Crippen LogP contribution in [-0.4, -0.2) is 52.7 Å². The van der Waals surface area contributed by atoms with E-state index in [2.05, 4.69) is 81.1 Å². The van der Waals surface area contributed by atoms with Crippen molar-refractivity contribution in [2.75, 3.05) is 24.6 Å². The number of carbonyl (C=O) groups is 2. The fraction of sp³-hybridized carbons (Fsp3) is 0.485. The van der Waals surface area contributed by atoms with E-state index in [1.54, 1.807) is 6.92 Å². The van der Waals surface area contributed by atoms with E-state index in [1.807, 2.05) is 5.38 Å². The average Bonchev–Trinajstić information content (AvgIpc) is 3.40. The molecule has 8 heteroatoms. The number of ether oxygens (including phenoxy) is 1. The van der Waals surface area contributed by atoms with Gasteiger partial charge in [0.1, 0.15) is 5.01 Å². The van der Waals surface area contributed by atoms with Gasteiger partial charge in [0, 0.05) is 29.2 Å². The van der Waals surface area contributed by atoms with E-state index in [1.165, 1.54) is 58.7 Å². The predicted octanol–water partition coefficient (Wildman–Crippen LogP) is 7.36. The summed E-state index contributed by atoms with van der Waals surface area (Å²) in [6.07, 6.45) is 4.90. The first-order chi connectivity index (χ1) is 19.7. The van der Waals surface area contributed by atoms with Crippen molar-refractivity contribution in [3.05, 3.63) is 70.0 Å². The van der Waals surface area contributed by atoms with E-state index < -0.39 is 11.9 Å². The summed E-state index contributed by atoms with van der Waals surface area (Å²) < 4.78 is 4.99. The van der Waals surface area contributed by atoms with Crippen molar-refractivity contribution in [2.45, 2.75) is 85.4 Å². The Morgan fingerprint density at radius 3 is 2.15 bits per heavy atom.